The first-order valence-corrected chi connectivity index (χ1v) is 9.85. The van der Waals surface area contributed by atoms with Crippen molar-refractivity contribution in [3.8, 4) is 0 Å². The largest absolute Gasteiger partial charge is 0.332 e. The zero-order chi connectivity index (χ0) is 18.5. The minimum absolute atomic E-state index is 0.0338. The van der Waals surface area contributed by atoms with Gasteiger partial charge in [-0.05, 0) is 48.2 Å². The van der Waals surface area contributed by atoms with Crippen LogP contribution in [0, 0.1) is 6.92 Å². The van der Waals surface area contributed by atoms with E-state index >= 15 is 0 Å². The molecule has 0 spiro atoms. The molecule has 0 saturated heterocycles. The van der Waals surface area contributed by atoms with Gasteiger partial charge in [0, 0.05) is 17.1 Å². The number of benzene rings is 2. The summed E-state index contributed by atoms with van der Waals surface area (Å²) in [6, 6.07) is 14.0. The zero-order valence-electron chi connectivity index (χ0n) is 14.9. The minimum atomic E-state index is 0.0338. The predicted octanol–water partition coefficient (Wildman–Crippen LogP) is 6.23. The molecular weight excluding hydrogens is 364 g/mol. The number of nitrogens with one attached hydrogen (secondary N) is 1. The van der Waals surface area contributed by atoms with Crippen LogP contribution < -0.4 is 5.32 Å². The Bertz CT molecular complexity index is 900. The number of carbonyl (C=O) groups is 1. The van der Waals surface area contributed by atoms with E-state index in [1.54, 1.807) is 6.20 Å². The van der Waals surface area contributed by atoms with Crippen LogP contribution in [0.2, 0.25) is 5.02 Å². The summed E-state index contributed by atoms with van der Waals surface area (Å²) in [5.41, 5.74) is 4.20. The molecule has 0 radical (unpaired) electrons. The fourth-order valence-corrected chi connectivity index (χ4v) is 3.88. The van der Waals surface area contributed by atoms with Gasteiger partial charge in [0.05, 0.1) is 11.1 Å². The fourth-order valence-electron chi connectivity index (χ4n) is 2.82. The van der Waals surface area contributed by atoms with Gasteiger partial charge in [0.2, 0.25) is 0 Å². The Labute approximate surface area is 163 Å². The van der Waals surface area contributed by atoms with Gasteiger partial charge in [-0.2, -0.15) is 0 Å². The highest BCUT2D eigenvalue weighted by atomic mass is 35.5. The van der Waals surface area contributed by atoms with E-state index < -0.39 is 0 Å². The molecule has 3 aromatic rings. The smallest absolute Gasteiger partial charge is 0.187 e. The van der Waals surface area contributed by atoms with Gasteiger partial charge in [-0.25, -0.2) is 4.98 Å². The lowest BCUT2D eigenvalue weighted by Crippen LogP contribution is -2.03. The molecule has 5 heteroatoms. The number of nitrogens with zero attached hydrogens (tertiary/aromatic N) is 1. The summed E-state index contributed by atoms with van der Waals surface area (Å²) in [6.07, 6.45) is 4.09. The second-order valence-corrected chi connectivity index (χ2v) is 7.68. The molecule has 1 N–H and O–H groups in total. The third kappa shape index (κ3) is 4.51. The maximum atomic E-state index is 12.6. The number of thiazole rings is 1. The summed E-state index contributed by atoms with van der Waals surface area (Å²) >= 11 is 7.61. The molecule has 0 aliphatic rings. The van der Waals surface area contributed by atoms with Gasteiger partial charge in [0.1, 0.15) is 0 Å². The van der Waals surface area contributed by atoms with Crippen molar-refractivity contribution in [1.29, 1.82) is 0 Å². The van der Waals surface area contributed by atoms with E-state index in [4.69, 9.17) is 11.6 Å². The van der Waals surface area contributed by atoms with Crippen molar-refractivity contribution in [3.63, 3.8) is 0 Å². The van der Waals surface area contributed by atoms with E-state index in [9.17, 15) is 4.79 Å². The molecule has 0 saturated carbocycles. The Morgan fingerprint density at radius 3 is 2.81 bits per heavy atom. The van der Waals surface area contributed by atoms with Crippen LogP contribution in [0.4, 0.5) is 10.8 Å². The number of anilines is 2. The first kappa shape index (κ1) is 18.6. The summed E-state index contributed by atoms with van der Waals surface area (Å²) in [5.74, 6) is 0.0338. The third-order valence-electron chi connectivity index (χ3n) is 4.19. The zero-order valence-corrected chi connectivity index (χ0v) is 16.5. The molecule has 2 aromatic carbocycles. The topological polar surface area (TPSA) is 42.0 Å². The van der Waals surface area contributed by atoms with Crippen molar-refractivity contribution in [1.82, 2.24) is 4.98 Å². The van der Waals surface area contributed by atoms with E-state index in [-0.39, 0.29) is 5.78 Å². The van der Waals surface area contributed by atoms with Crippen molar-refractivity contribution in [2.75, 3.05) is 5.32 Å². The lowest BCUT2D eigenvalue weighted by atomic mass is 10.0. The van der Waals surface area contributed by atoms with Gasteiger partial charge in [0.15, 0.2) is 10.9 Å². The van der Waals surface area contributed by atoms with Crippen LogP contribution in [0.25, 0.3) is 0 Å². The van der Waals surface area contributed by atoms with E-state index in [0.29, 0.717) is 16.3 Å². The highest BCUT2D eigenvalue weighted by Gasteiger charge is 2.15. The van der Waals surface area contributed by atoms with Gasteiger partial charge < -0.3 is 5.32 Å². The van der Waals surface area contributed by atoms with Gasteiger partial charge in [-0.15, -0.1) is 0 Å². The number of Topliss-reactive ketones (excluding diaryl/α,β-unsaturated/α-hetero) is 1. The molecule has 0 atom stereocenters. The number of rotatable bonds is 7. The van der Waals surface area contributed by atoms with E-state index in [1.165, 1.54) is 16.9 Å². The summed E-state index contributed by atoms with van der Waals surface area (Å²) in [4.78, 5) is 17.6. The molecule has 26 heavy (non-hydrogen) atoms. The summed E-state index contributed by atoms with van der Waals surface area (Å²) < 4.78 is 0. The van der Waals surface area contributed by atoms with Crippen LogP contribution in [-0.4, -0.2) is 10.8 Å². The van der Waals surface area contributed by atoms with Crippen molar-refractivity contribution >= 4 is 39.5 Å². The molecule has 0 fully saturated rings. The number of hydrogen-bond acceptors (Lipinski definition) is 4. The Morgan fingerprint density at radius 2 is 2.04 bits per heavy atom. The molecule has 0 aliphatic heterocycles. The van der Waals surface area contributed by atoms with Crippen molar-refractivity contribution in [2.24, 2.45) is 0 Å². The maximum absolute atomic E-state index is 12.6. The molecule has 134 valence electrons. The third-order valence-corrected chi connectivity index (χ3v) is 5.50. The summed E-state index contributed by atoms with van der Waals surface area (Å²) in [5, 5.41) is 4.65. The standard InChI is InChI=1S/C21H21ClN2OS/c1-3-6-15-8-5-9-16(11-15)24-21-23-13-20(26-21)19(25)12-17-14(2)7-4-10-18(17)22/h4-5,7-11,13H,3,6,12H2,1-2H3,(H,23,24). The average Bonchev–Trinajstić information content (AvgIpc) is 3.07. The van der Waals surface area contributed by atoms with Crippen molar-refractivity contribution in [3.05, 3.63) is 75.3 Å². The first-order valence-electron chi connectivity index (χ1n) is 8.65. The second-order valence-electron chi connectivity index (χ2n) is 6.24. The number of carbonyl (C=O) groups excluding carboxylic acids is 1. The Balaban J connectivity index is 1.71. The highest BCUT2D eigenvalue weighted by molar-refractivity contribution is 7.17. The first-order chi connectivity index (χ1) is 12.6. The molecule has 0 bridgehead atoms. The van der Waals surface area contributed by atoms with Crippen LogP contribution in [-0.2, 0) is 12.8 Å². The summed E-state index contributed by atoms with van der Waals surface area (Å²) in [6.45, 7) is 4.14. The SMILES string of the molecule is CCCc1cccc(Nc2ncc(C(=O)Cc3c(C)cccc3Cl)s2)c1. The monoisotopic (exact) mass is 384 g/mol. The summed E-state index contributed by atoms with van der Waals surface area (Å²) in [7, 11) is 0. The second kappa shape index (κ2) is 8.47. The van der Waals surface area contributed by atoms with Gasteiger partial charge in [0.25, 0.3) is 0 Å². The van der Waals surface area contributed by atoms with E-state index in [0.717, 1.165) is 34.8 Å². The number of hydrogen-bond donors (Lipinski definition) is 1. The van der Waals surface area contributed by atoms with E-state index in [2.05, 4.69) is 29.4 Å². The lowest BCUT2D eigenvalue weighted by Gasteiger charge is -2.06. The molecular formula is C21H21ClN2OS. The predicted molar refractivity (Wildman–Crippen MR) is 110 cm³/mol. The van der Waals surface area contributed by atoms with Crippen LogP contribution in [0.3, 0.4) is 0 Å². The van der Waals surface area contributed by atoms with Crippen molar-refractivity contribution in [2.45, 2.75) is 33.1 Å². The van der Waals surface area contributed by atoms with Crippen LogP contribution >= 0.6 is 22.9 Å². The molecule has 0 amide bonds. The molecule has 1 aromatic heterocycles. The van der Waals surface area contributed by atoms with Crippen LogP contribution in [0.5, 0.6) is 0 Å². The van der Waals surface area contributed by atoms with E-state index in [1.807, 2.05) is 37.3 Å². The highest BCUT2D eigenvalue weighted by Crippen LogP contribution is 2.26. The lowest BCUT2D eigenvalue weighted by molar-refractivity contribution is 0.0996. The van der Waals surface area contributed by atoms with Crippen LogP contribution in [0.15, 0.2) is 48.7 Å². The Kier molecular flexibility index (Phi) is 6.07. The number of halogens is 1. The molecule has 1 heterocycles. The van der Waals surface area contributed by atoms with Gasteiger partial charge >= 0.3 is 0 Å². The Hall–Kier alpha value is -2.17. The fraction of sp³-hybridized carbons (Fsp3) is 0.238. The molecule has 3 nitrogen and oxygen atoms in total. The number of aromatic nitrogens is 1. The number of aryl methyl sites for hydroxylation is 2. The molecule has 3 rings (SSSR count). The quantitative estimate of drug-likeness (QED) is 0.491. The van der Waals surface area contributed by atoms with Gasteiger partial charge in [-0.1, -0.05) is 60.5 Å². The minimum Gasteiger partial charge on any atom is -0.332 e. The van der Waals surface area contributed by atoms with Crippen LogP contribution in [0.1, 0.15) is 39.7 Å². The number of ketones is 1. The Morgan fingerprint density at radius 1 is 1.23 bits per heavy atom. The maximum Gasteiger partial charge on any atom is 0.187 e. The average molecular weight is 385 g/mol. The van der Waals surface area contributed by atoms with Gasteiger partial charge in [-0.3, -0.25) is 4.79 Å². The normalized spacial score (nSPS) is 10.7. The van der Waals surface area contributed by atoms with Crippen molar-refractivity contribution < 1.29 is 4.79 Å². The molecule has 0 aliphatic carbocycles. The molecule has 0 unspecified atom stereocenters.